The van der Waals surface area contributed by atoms with Gasteiger partial charge in [-0.2, -0.15) is 0 Å². The van der Waals surface area contributed by atoms with E-state index in [9.17, 15) is 9.59 Å². The van der Waals surface area contributed by atoms with Gasteiger partial charge in [0, 0.05) is 18.5 Å². The molecule has 0 unspecified atom stereocenters. The Labute approximate surface area is 165 Å². The van der Waals surface area contributed by atoms with Crippen LogP contribution in [0.1, 0.15) is 23.8 Å². The number of hydrogen-bond acceptors (Lipinski definition) is 8. The molecular formula is C17H22N4O4S2. The number of thioether (sulfide) groups is 1. The van der Waals surface area contributed by atoms with Crippen LogP contribution in [0, 0.1) is 5.92 Å². The van der Waals surface area contributed by atoms with Crippen molar-refractivity contribution in [1.29, 1.82) is 0 Å². The number of hydrogen-bond donors (Lipinski definition) is 2. The number of ether oxygens (including phenoxy) is 1. The van der Waals surface area contributed by atoms with E-state index in [1.807, 2.05) is 0 Å². The predicted molar refractivity (Wildman–Crippen MR) is 103 cm³/mol. The predicted octanol–water partition coefficient (Wildman–Crippen LogP) is 2.49. The number of thiophene rings is 1. The number of nitrogens with zero attached hydrogens (tertiary/aromatic N) is 2. The van der Waals surface area contributed by atoms with Gasteiger partial charge in [-0.25, -0.2) is 4.79 Å². The summed E-state index contributed by atoms with van der Waals surface area (Å²) in [7, 11) is 1.53. The molecule has 1 atom stereocenters. The fourth-order valence-electron chi connectivity index (χ4n) is 2.78. The molecule has 3 rings (SSSR count). The maximum atomic E-state index is 11.8. The molecule has 3 amide bonds. The maximum absolute atomic E-state index is 11.8. The molecule has 2 aromatic heterocycles. The normalized spacial score (nSPS) is 16.0. The molecule has 0 aliphatic heterocycles. The Morgan fingerprint density at radius 1 is 1.44 bits per heavy atom. The Morgan fingerprint density at radius 3 is 3.11 bits per heavy atom. The van der Waals surface area contributed by atoms with E-state index in [0.717, 1.165) is 29.5 Å². The average molecular weight is 411 g/mol. The van der Waals surface area contributed by atoms with Gasteiger partial charge in [0.25, 0.3) is 11.1 Å². The van der Waals surface area contributed by atoms with Crippen LogP contribution in [0.2, 0.25) is 0 Å². The van der Waals surface area contributed by atoms with E-state index in [1.165, 1.54) is 24.0 Å². The van der Waals surface area contributed by atoms with E-state index in [1.54, 1.807) is 11.3 Å². The zero-order chi connectivity index (χ0) is 19.2. The number of urea groups is 1. The van der Waals surface area contributed by atoms with E-state index in [2.05, 4.69) is 33.8 Å². The molecule has 8 nitrogen and oxygen atoms in total. The molecule has 0 saturated heterocycles. The molecule has 0 aromatic carbocycles. The first-order valence-corrected chi connectivity index (χ1v) is 10.5. The van der Waals surface area contributed by atoms with E-state index >= 15 is 0 Å². The minimum Gasteiger partial charge on any atom is -0.410 e. The van der Waals surface area contributed by atoms with Crippen LogP contribution in [0.3, 0.4) is 0 Å². The molecule has 0 fully saturated rings. The van der Waals surface area contributed by atoms with Gasteiger partial charge < -0.3 is 14.5 Å². The monoisotopic (exact) mass is 410 g/mol. The number of amides is 3. The van der Waals surface area contributed by atoms with Crippen molar-refractivity contribution in [2.75, 3.05) is 26.0 Å². The number of nitrogens with one attached hydrogen (secondary N) is 2. The van der Waals surface area contributed by atoms with Gasteiger partial charge in [-0.15, -0.1) is 21.5 Å². The van der Waals surface area contributed by atoms with Gasteiger partial charge in [-0.3, -0.25) is 10.1 Å². The number of aromatic nitrogens is 2. The molecule has 27 heavy (non-hydrogen) atoms. The highest BCUT2D eigenvalue weighted by Gasteiger charge is 2.21. The highest BCUT2D eigenvalue weighted by Crippen LogP contribution is 2.37. The second-order valence-electron chi connectivity index (χ2n) is 6.37. The summed E-state index contributed by atoms with van der Waals surface area (Å²) in [6, 6.07) is 1.58. The number of carbonyl (C=O) groups is 2. The third kappa shape index (κ3) is 5.53. The van der Waals surface area contributed by atoms with Crippen LogP contribution < -0.4 is 10.6 Å². The van der Waals surface area contributed by atoms with E-state index in [4.69, 9.17) is 9.15 Å². The van der Waals surface area contributed by atoms with Gasteiger partial charge in [-0.1, -0.05) is 18.7 Å². The SMILES string of the molecule is COCCNC(=O)NC(=O)CSc1nnc(-c2cc3c(s2)CC[C@H](C)C3)o1. The second-order valence-corrected chi connectivity index (χ2v) is 8.43. The van der Waals surface area contributed by atoms with Gasteiger partial charge in [0.05, 0.1) is 17.2 Å². The highest BCUT2D eigenvalue weighted by atomic mass is 32.2. The van der Waals surface area contributed by atoms with Gasteiger partial charge in [0.15, 0.2) is 0 Å². The lowest BCUT2D eigenvalue weighted by atomic mass is 9.90. The lowest BCUT2D eigenvalue weighted by molar-refractivity contribution is -0.117. The van der Waals surface area contributed by atoms with E-state index in [-0.39, 0.29) is 5.75 Å². The first-order valence-electron chi connectivity index (χ1n) is 8.70. The molecular weight excluding hydrogens is 388 g/mol. The molecule has 0 radical (unpaired) electrons. The Kier molecular flexibility index (Phi) is 6.86. The van der Waals surface area contributed by atoms with Crippen molar-refractivity contribution in [3.05, 3.63) is 16.5 Å². The summed E-state index contributed by atoms with van der Waals surface area (Å²) < 4.78 is 10.5. The van der Waals surface area contributed by atoms with Crippen molar-refractivity contribution in [2.45, 2.75) is 31.4 Å². The Bertz CT molecular complexity index is 805. The summed E-state index contributed by atoms with van der Waals surface area (Å²) in [6.45, 7) is 2.98. The van der Waals surface area contributed by atoms with Gasteiger partial charge in [0.1, 0.15) is 0 Å². The largest absolute Gasteiger partial charge is 0.410 e. The lowest BCUT2D eigenvalue weighted by Gasteiger charge is -2.16. The summed E-state index contributed by atoms with van der Waals surface area (Å²) in [5, 5.41) is 13.1. The zero-order valence-corrected chi connectivity index (χ0v) is 16.9. The molecule has 146 valence electrons. The van der Waals surface area contributed by atoms with Crippen molar-refractivity contribution < 1.29 is 18.7 Å². The Morgan fingerprint density at radius 2 is 2.30 bits per heavy atom. The molecule has 0 bridgehead atoms. The van der Waals surface area contributed by atoms with Gasteiger partial charge in [-0.05, 0) is 36.8 Å². The Hall–Kier alpha value is -1.91. The first-order chi connectivity index (χ1) is 13.0. The van der Waals surface area contributed by atoms with Gasteiger partial charge >= 0.3 is 6.03 Å². The van der Waals surface area contributed by atoms with Crippen LogP contribution in [-0.2, 0) is 22.4 Å². The van der Waals surface area contributed by atoms with E-state index in [0.29, 0.717) is 30.2 Å². The minimum atomic E-state index is -0.553. The molecule has 2 heterocycles. The van der Waals surface area contributed by atoms with Crippen molar-refractivity contribution in [3.8, 4) is 10.8 Å². The number of imide groups is 1. The van der Waals surface area contributed by atoms with Crippen LogP contribution in [-0.4, -0.2) is 48.1 Å². The van der Waals surface area contributed by atoms with Crippen LogP contribution in [0.15, 0.2) is 15.7 Å². The summed E-state index contributed by atoms with van der Waals surface area (Å²) in [4.78, 5) is 25.6. The van der Waals surface area contributed by atoms with E-state index < -0.39 is 11.9 Å². The molecule has 1 aliphatic carbocycles. The summed E-state index contributed by atoms with van der Waals surface area (Å²) >= 11 is 2.80. The molecule has 2 aromatic rings. The van der Waals surface area contributed by atoms with Crippen molar-refractivity contribution >= 4 is 35.0 Å². The van der Waals surface area contributed by atoms with Crippen LogP contribution >= 0.6 is 23.1 Å². The standard InChI is InChI=1S/C17H22N4O4S2/c1-10-3-4-12-11(7-10)8-13(27-12)15-20-21-17(25-15)26-9-14(22)19-16(23)18-5-6-24-2/h8,10H,3-7,9H2,1-2H3,(H2,18,19,22,23)/t10-/m0/s1. The number of methoxy groups -OCH3 is 1. The minimum absolute atomic E-state index is 0.0117. The Balaban J connectivity index is 1.50. The maximum Gasteiger partial charge on any atom is 0.321 e. The molecule has 1 aliphatic rings. The fraction of sp³-hybridized carbons (Fsp3) is 0.529. The van der Waals surface area contributed by atoms with Crippen LogP contribution in [0.25, 0.3) is 10.8 Å². The number of aryl methyl sites for hydroxylation is 1. The summed E-state index contributed by atoms with van der Waals surface area (Å²) in [5.74, 6) is 0.758. The summed E-state index contributed by atoms with van der Waals surface area (Å²) in [5.41, 5.74) is 1.38. The van der Waals surface area contributed by atoms with Crippen molar-refractivity contribution in [1.82, 2.24) is 20.8 Å². The average Bonchev–Trinajstić information content (AvgIpc) is 3.26. The fourth-order valence-corrected chi connectivity index (χ4v) is 4.47. The quantitative estimate of drug-likeness (QED) is 0.533. The van der Waals surface area contributed by atoms with Crippen LogP contribution in [0.4, 0.5) is 4.79 Å². The smallest absolute Gasteiger partial charge is 0.321 e. The number of rotatable bonds is 7. The molecule has 0 spiro atoms. The molecule has 10 heteroatoms. The van der Waals surface area contributed by atoms with Crippen molar-refractivity contribution in [3.63, 3.8) is 0 Å². The third-order valence-electron chi connectivity index (χ3n) is 4.12. The second kappa shape index (κ2) is 9.34. The lowest BCUT2D eigenvalue weighted by Crippen LogP contribution is -2.41. The zero-order valence-electron chi connectivity index (χ0n) is 15.2. The highest BCUT2D eigenvalue weighted by molar-refractivity contribution is 7.99. The van der Waals surface area contributed by atoms with Crippen molar-refractivity contribution in [2.24, 2.45) is 5.92 Å². The first kappa shape index (κ1) is 19.8. The van der Waals surface area contributed by atoms with Gasteiger partial charge in [0.2, 0.25) is 5.91 Å². The molecule has 2 N–H and O–H groups in total. The third-order valence-corrected chi connectivity index (χ3v) is 6.16. The number of fused-ring (bicyclic) bond motifs is 1. The topological polar surface area (TPSA) is 106 Å². The molecule has 0 saturated carbocycles. The number of carbonyl (C=O) groups excluding carboxylic acids is 2. The summed E-state index contributed by atoms with van der Waals surface area (Å²) in [6.07, 6.45) is 3.41. The van der Waals surface area contributed by atoms with Crippen LogP contribution in [0.5, 0.6) is 0 Å².